The summed E-state index contributed by atoms with van der Waals surface area (Å²) in [4.78, 5) is 26.4. The van der Waals surface area contributed by atoms with Crippen molar-refractivity contribution >= 4 is 12.1 Å². The molecule has 3 aromatic rings. The van der Waals surface area contributed by atoms with Crippen LogP contribution >= 0.6 is 0 Å². The number of fused-ring (bicyclic) bond motifs is 3. The third-order valence-corrected chi connectivity index (χ3v) is 5.84. The van der Waals surface area contributed by atoms with E-state index in [-0.39, 0.29) is 19.3 Å². The van der Waals surface area contributed by atoms with Crippen LogP contribution in [0, 0.1) is 0 Å². The Morgan fingerprint density at radius 2 is 1.50 bits per heavy atom. The van der Waals surface area contributed by atoms with Crippen molar-refractivity contribution in [3.63, 3.8) is 0 Å². The summed E-state index contributed by atoms with van der Waals surface area (Å²) in [5, 5.41) is 0. The van der Waals surface area contributed by atoms with Gasteiger partial charge in [-0.2, -0.15) is 0 Å². The van der Waals surface area contributed by atoms with Crippen LogP contribution in [0.4, 0.5) is 4.79 Å². The summed E-state index contributed by atoms with van der Waals surface area (Å²) < 4.78 is 10.8. The number of carbonyl (C=O) groups excluding carboxylic acids is 2. The molecule has 30 heavy (non-hydrogen) atoms. The van der Waals surface area contributed by atoms with Crippen LogP contribution in [-0.2, 0) is 20.7 Å². The van der Waals surface area contributed by atoms with Crippen LogP contribution in [0.2, 0.25) is 0 Å². The predicted octanol–water partition coefficient (Wildman–Crippen LogP) is 4.36. The van der Waals surface area contributed by atoms with Crippen molar-refractivity contribution in [2.45, 2.75) is 18.4 Å². The highest BCUT2D eigenvalue weighted by Crippen LogP contribution is 2.44. The fourth-order valence-electron chi connectivity index (χ4n) is 4.33. The number of rotatable bonds is 4. The van der Waals surface area contributed by atoms with Crippen molar-refractivity contribution < 1.29 is 19.1 Å². The molecule has 1 unspecified atom stereocenters. The van der Waals surface area contributed by atoms with Gasteiger partial charge < -0.3 is 9.47 Å². The van der Waals surface area contributed by atoms with Gasteiger partial charge in [-0.3, -0.25) is 4.90 Å². The van der Waals surface area contributed by atoms with Gasteiger partial charge in [0.1, 0.15) is 12.6 Å². The zero-order chi connectivity index (χ0) is 20.5. The summed E-state index contributed by atoms with van der Waals surface area (Å²) in [5.41, 5.74) is 5.63. The lowest BCUT2D eigenvalue weighted by atomic mass is 9.98. The van der Waals surface area contributed by atoms with Crippen molar-refractivity contribution in [1.29, 1.82) is 0 Å². The first-order chi connectivity index (χ1) is 14.7. The lowest BCUT2D eigenvalue weighted by Crippen LogP contribution is -2.40. The SMILES string of the molecule is O=C1OCN(C(=O)OCC2c3ccccc3-c3ccccc32)C1Cc1ccccc1. The standard InChI is InChI=1S/C25H21NO4/c27-24-23(14-17-8-2-1-3-9-17)26(16-30-24)25(28)29-15-22-20-12-6-4-10-18(20)19-11-5-7-13-21(19)22/h1-13,22-23H,14-16H2. The third kappa shape index (κ3) is 3.22. The molecule has 2 aliphatic rings. The van der Waals surface area contributed by atoms with Crippen LogP contribution in [0.5, 0.6) is 0 Å². The Labute approximate surface area is 174 Å². The molecule has 1 amide bonds. The topological polar surface area (TPSA) is 55.8 Å². The molecule has 1 saturated heterocycles. The molecule has 0 aromatic heterocycles. The highest BCUT2D eigenvalue weighted by Gasteiger charge is 2.39. The minimum Gasteiger partial charge on any atom is -0.448 e. The Hall–Kier alpha value is -3.60. The zero-order valence-electron chi connectivity index (χ0n) is 16.4. The van der Waals surface area contributed by atoms with E-state index in [9.17, 15) is 9.59 Å². The molecule has 0 bridgehead atoms. The number of ether oxygens (including phenoxy) is 2. The average Bonchev–Trinajstić information content (AvgIpc) is 3.31. The molecule has 1 heterocycles. The van der Waals surface area contributed by atoms with E-state index in [4.69, 9.17) is 9.47 Å². The minimum atomic E-state index is -0.664. The zero-order valence-corrected chi connectivity index (χ0v) is 16.4. The lowest BCUT2D eigenvalue weighted by Gasteiger charge is -2.21. The normalized spacial score (nSPS) is 17.4. The Morgan fingerprint density at radius 3 is 2.17 bits per heavy atom. The van der Waals surface area contributed by atoms with E-state index in [2.05, 4.69) is 24.3 Å². The van der Waals surface area contributed by atoms with Crippen LogP contribution in [0.3, 0.4) is 0 Å². The van der Waals surface area contributed by atoms with Crippen molar-refractivity contribution in [2.24, 2.45) is 0 Å². The number of cyclic esters (lactones) is 1. The molecule has 1 aliphatic heterocycles. The van der Waals surface area contributed by atoms with E-state index in [1.807, 2.05) is 54.6 Å². The monoisotopic (exact) mass is 399 g/mol. The third-order valence-electron chi connectivity index (χ3n) is 5.84. The smallest absolute Gasteiger partial charge is 0.413 e. The first kappa shape index (κ1) is 18.4. The number of benzene rings is 3. The van der Waals surface area contributed by atoms with Crippen molar-refractivity contribution in [1.82, 2.24) is 4.90 Å². The number of carbonyl (C=O) groups is 2. The quantitative estimate of drug-likeness (QED) is 0.612. The lowest BCUT2D eigenvalue weighted by molar-refractivity contribution is -0.139. The fraction of sp³-hybridized carbons (Fsp3) is 0.200. The molecule has 1 atom stereocenters. The van der Waals surface area contributed by atoms with E-state index in [1.54, 1.807) is 0 Å². The highest BCUT2D eigenvalue weighted by molar-refractivity contribution is 5.84. The van der Waals surface area contributed by atoms with E-state index >= 15 is 0 Å². The number of esters is 1. The summed E-state index contributed by atoms with van der Waals surface area (Å²) in [6.07, 6.45) is -0.118. The van der Waals surface area contributed by atoms with Crippen molar-refractivity contribution in [3.05, 3.63) is 95.6 Å². The van der Waals surface area contributed by atoms with Crippen LogP contribution < -0.4 is 0 Å². The Balaban J connectivity index is 1.32. The molecule has 5 nitrogen and oxygen atoms in total. The predicted molar refractivity (Wildman–Crippen MR) is 112 cm³/mol. The molecule has 0 spiro atoms. The van der Waals surface area contributed by atoms with E-state index in [0.29, 0.717) is 6.42 Å². The molecular formula is C25H21NO4. The first-order valence-corrected chi connectivity index (χ1v) is 10.0. The number of hydrogen-bond acceptors (Lipinski definition) is 4. The maximum absolute atomic E-state index is 12.8. The molecule has 5 rings (SSSR count). The van der Waals surface area contributed by atoms with Gasteiger partial charge in [-0.1, -0.05) is 78.9 Å². The van der Waals surface area contributed by atoms with Gasteiger partial charge in [0.25, 0.3) is 0 Å². The van der Waals surface area contributed by atoms with Gasteiger partial charge in [0.15, 0.2) is 6.73 Å². The highest BCUT2D eigenvalue weighted by atomic mass is 16.6. The van der Waals surface area contributed by atoms with Crippen LogP contribution in [0.15, 0.2) is 78.9 Å². The minimum absolute atomic E-state index is 0.0202. The van der Waals surface area contributed by atoms with E-state index in [1.165, 1.54) is 16.0 Å². The van der Waals surface area contributed by atoms with Gasteiger partial charge in [-0.25, -0.2) is 9.59 Å². The average molecular weight is 399 g/mol. The van der Waals surface area contributed by atoms with Crippen LogP contribution in [0.1, 0.15) is 22.6 Å². The molecule has 0 N–H and O–H groups in total. The molecule has 1 aliphatic carbocycles. The molecule has 0 radical (unpaired) electrons. The van der Waals surface area contributed by atoms with E-state index in [0.717, 1.165) is 16.7 Å². The fourth-order valence-corrected chi connectivity index (χ4v) is 4.33. The van der Waals surface area contributed by atoms with Gasteiger partial charge >= 0.3 is 12.1 Å². The van der Waals surface area contributed by atoms with E-state index < -0.39 is 18.1 Å². The number of hydrogen-bond donors (Lipinski definition) is 0. The van der Waals surface area contributed by atoms with Crippen LogP contribution in [0.25, 0.3) is 11.1 Å². The molecule has 1 fully saturated rings. The largest absolute Gasteiger partial charge is 0.448 e. The molecule has 5 heteroatoms. The van der Waals surface area contributed by atoms with Crippen LogP contribution in [-0.4, -0.2) is 36.3 Å². The maximum Gasteiger partial charge on any atom is 0.413 e. The summed E-state index contributed by atoms with van der Waals surface area (Å²) in [6.45, 7) is 0.141. The van der Waals surface area contributed by atoms with Gasteiger partial charge in [0.2, 0.25) is 0 Å². The second-order valence-electron chi connectivity index (χ2n) is 7.57. The molecule has 3 aromatic carbocycles. The molecule has 150 valence electrons. The number of nitrogens with zero attached hydrogens (tertiary/aromatic N) is 1. The second kappa shape index (κ2) is 7.67. The Bertz CT molecular complexity index is 1050. The first-order valence-electron chi connectivity index (χ1n) is 10.0. The second-order valence-corrected chi connectivity index (χ2v) is 7.57. The summed E-state index contributed by atoms with van der Waals surface area (Å²) in [7, 11) is 0. The van der Waals surface area contributed by atoms with Gasteiger partial charge in [-0.15, -0.1) is 0 Å². The Kier molecular flexibility index (Phi) is 4.71. The molecule has 0 saturated carbocycles. The van der Waals surface area contributed by atoms with Crippen molar-refractivity contribution in [2.75, 3.05) is 13.3 Å². The van der Waals surface area contributed by atoms with Gasteiger partial charge in [0.05, 0.1) is 0 Å². The summed E-state index contributed by atoms with van der Waals surface area (Å²) in [5.74, 6) is -0.416. The van der Waals surface area contributed by atoms with Crippen molar-refractivity contribution in [3.8, 4) is 11.1 Å². The summed E-state index contributed by atoms with van der Waals surface area (Å²) >= 11 is 0. The number of amides is 1. The Morgan fingerprint density at radius 1 is 0.900 bits per heavy atom. The van der Waals surface area contributed by atoms with Gasteiger partial charge in [0, 0.05) is 12.3 Å². The molecular weight excluding hydrogens is 378 g/mol. The maximum atomic E-state index is 12.8. The van der Waals surface area contributed by atoms with Gasteiger partial charge in [-0.05, 0) is 27.8 Å². The summed E-state index contributed by atoms with van der Waals surface area (Å²) in [6, 6.07) is 25.3.